The standard InChI is InChI=1S/C8H7FO2/c9-8(5-10)6-1-3-7(11)4-2-6/h1-5,8,11H. The minimum absolute atomic E-state index is 0.0619. The first-order chi connectivity index (χ1) is 5.24. The van der Waals surface area contributed by atoms with E-state index in [1.165, 1.54) is 24.3 Å². The number of aromatic hydroxyl groups is 1. The van der Waals surface area contributed by atoms with E-state index in [0.29, 0.717) is 0 Å². The van der Waals surface area contributed by atoms with E-state index in [1.54, 1.807) is 0 Å². The maximum Gasteiger partial charge on any atom is 0.180 e. The molecule has 0 heterocycles. The molecule has 0 radical (unpaired) electrons. The second kappa shape index (κ2) is 3.14. The summed E-state index contributed by atoms with van der Waals surface area (Å²) in [6.45, 7) is 0. The van der Waals surface area contributed by atoms with Crippen LogP contribution in [0, 0.1) is 0 Å². The van der Waals surface area contributed by atoms with Crippen LogP contribution in [0.2, 0.25) is 0 Å². The topological polar surface area (TPSA) is 37.3 Å². The van der Waals surface area contributed by atoms with Crippen LogP contribution < -0.4 is 0 Å². The molecule has 0 saturated carbocycles. The molecule has 58 valence electrons. The van der Waals surface area contributed by atoms with Gasteiger partial charge in [0.05, 0.1) is 0 Å². The van der Waals surface area contributed by atoms with Crippen LogP contribution in [-0.4, -0.2) is 11.4 Å². The zero-order valence-electron chi connectivity index (χ0n) is 5.70. The van der Waals surface area contributed by atoms with E-state index in [9.17, 15) is 9.18 Å². The van der Waals surface area contributed by atoms with Gasteiger partial charge in [0, 0.05) is 0 Å². The fraction of sp³-hybridized carbons (Fsp3) is 0.125. The predicted molar refractivity (Wildman–Crippen MR) is 38.0 cm³/mol. The van der Waals surface area contributed by atoms with Crippen molar-refractivity contribution in [1.82, 2.24) is 0 Å². The Bertz CT molecular complexity index is 243. The molecule has 1 unspecified atom stereocenters. The van der Waals surface area contributed by atoms with Crippen molar-refractivity contribution >= 4 is 6.29 Å². The second-order valence-electron chi connectivity index (χ2n) is 2.13. The lowest BCUT2D eigenvalue weighted by Crippen LogP contribution is -1.90. The molecule has 0 spiro atoms. The Hall–Kier alpha value is -1.38. The summed E-state index contributed by atoms with van der Waals surface area (Å²) in [7, 11) is 0. The van der Waals surface area contributed by atoms with E-state index in [4.69, 9.17) is 5.11 Å². The number of phenolic OH excluding ortho intramolecular Hbond substituents is 1. The highest BCUT2D eigenvalue weighted by Gasteiger charge is 2.06. The van der Waals surface area contributed by atoms with Gasteiger partial charge in [-0.25, -0.2) is 4.39 Å². The number of alkyl halides is 1. The number of carbonyl (C=O) groups excluding carboxylic acids is 1. The molecule has 3 heteroatoms. The van der Waals surface area contributed by atoms with Crippen LogP contribution in [0.25, 0.3) is 0 Å². The molecule has 1 atom stereocenters. The van der Waals surface area contributed by atoms with E-state index in [0.717, 1.165) is 0 Å². The number of halogens is 1. The summed E-state index contributed by atoms with van der Waals surface area (Å²) in [5.41, 5.74) is 0.262. The Morgan fingerprint density at radius 1 is 1.36 bits per heavy atom. The fourth-order valence-electron chi connectivity index (χ4n) is 0.737. The van der Waals surface area contributed by atoms with Gasteiger partial charge in [0.15, 0.2) is 12.5 Å². The Morgan fingerprint density at radius 2 is 1.91 bits per heavy atom. The third-order valence-electron chi connectivity index (χ3n) is 1.33. The van der Waals surface area contributed by atoms with Crippen LogP contribution in [0.4, 0.5) is 4.39 Å². The monoisotopic (exact) mass is 154 g/mol. The lowest BCUT2D eigenvalue weighted by atomic mass is 10.1. The molecular formula is C8H7FO2. The molecule has 0 aliphatic carbocycles. The molecule has 1 aromatic rings. The third-order valence-corrected chi connectivity index (χ3v) is 1.33. The molecule has 11 heavy (non-hydrogen) atoms. The predicted octanol–water partition coefficient (Wildman–Crippen LogP) is 1.60. The lowest BCUT2D eigenvalue weighted by Gasteiger charge is -1.99. The minimum atomic E-state index is -1.59. The summed E-state index contributed by atoms with van der Waals surface area (Å²) in [4.78, 5) is 9.95. The van der Waals surface area contributed by atoms with Gasteiger partial charge in [0.2, 0.25) is 0 Å². The minimum Gasteiger partial charge on any atom is -0.508 e. The number of phenols is 1. The molecule has 0 saturated heterocycles. The van der Waals surface area contributed by atoms with Gasteiger partial charge in [-0.3, -0.25) is 4.79 Å². The SMILES string of the molecule is O=CC(F)c1ccc(O)cc1. The van der Waals surface area contributed by atoms with Crippen molar-refractivity contribution in [3.05, 3.63) is 29.8 Å². The molecule has 0 aliphatic rings. The molecule has 0 aliphatic heterocycles. The van der Waals surface area contributed by atoms with Crippen molar-refractivity contribution in [3.8, 4) is 5.75 Å². The summed E-state index contributed by atoms with van der Waals surface area (Å²) in [6.07, 6.45) is -1.37. The molecule has 1 rings (SSSR count). The van der Waals surface area contributed by atoms with Gasteiger partial charge in [-0.2, -0.15) is 0 Å². The van der Waals surface area contributed by atoms with Gasteiger partial charge in [-0.1, -0.05) is 12.1 Å². The Labute approximate surface area is 63.3 Å². The summed E-state index contributed by atoms with van der Waals surface area (Å²) >= 11 is 0. The van der Waals surface area contributed by atoms with Gasteiger partial charge in [0.1, 0.15) is 5.75 Å². The van der Waals surface area contributed by atoms with Crippen molar-refractivity contribution in [2.24, 2.45) is 0 Å². The molecular weight excluding hydrogens is 147 g/mol. The van der Waals surface area contributed by atoms with E-state index < -0.39 is 6.17 Å². The number of hydrogen-bond acceptors (Lipinski definition) is 2. The molecule has 2 nitrogen and oxygen atoms in total. The van der Waals surface area contributed by atoms with E-state index in [1.807, 2.05) is 0 Å². The quantitative estimate of drug-likeness (QED) is 0.657. The normalized spacial score (nSPS) is 12.5. The highest BCUT2D eigenvalue weighted by Crippen LogP contribution is 2.17. The maximum absolute atomic E-state index is 12.5. The smallest absolute Gasteiger partial charge is 0.180 e. The maximum atomic E-state index is 12.5. The Morgan fingerprint density at radius 3 is 2.36 bits per heavy atom. The number of aldehydes is 1. The van der Waals surface area contributed by atoms with E-state index >= 15 is 0 Å². The van der Waals surface area contributed by atoms with Gasteiger partial charge >= 0.3 is 0 Å². The van der Waals surface area contributed by atoms with Gasteiger partial charge in [0.25, 0.3) is 0 Å². The zero-order chi connectivity index (χ0) is 8.27. The third kappa shape index (κ3) is 1.77. The van der Waals surface area contributed by atoms with Crippen LogP contribution in [0.15, 0.2) is 24.3 Å². The van der Waals surface area contributed by atoms with Crippen molar-refractivity contribution in [3.63, 3.8) is 0 Å². The fourth-order valence-corrected chi connectivity index (χ4v) is 0.737. The first-order valence-electron chi connectivity index (χ1n) is 3.12. The number of benzene rings is 1. The van der Waals surface area contributed by atoms with Gasteiger partial charge < -0.3 is 5.11 Å². The lowest BCUT2D eigenvalue weighted by molar-refractivity contribution is -0.112. The van der Waals surface area contributed by atoms with E-state index in [2.05, 4.69) is 0 Å². The van der Waals surface area contributed by atoms with Crippen molar-refractivity contribution in [1.29, 1.82) is 0 Å². The molecule has 0 amide bonds. The average molecular weight is 154 g/mol. The number of hydrogen-bond donors (Lipinski definition) is 1. The molecule has 1 N–H and O–H groups in total. The first kappa shape index (κ1) is 7.72. The molecule has 1 aromatic carbocycles. The first-order valence-corrected chi connectivity index (χ1v) is 3.12. The van der Waals surface area contributed by atoms with Crippen LogP contribution >= 0.6 is 0 Å². The van der Waals surface area contributed by atoms with Crippen molar-refractivity contribution in [2.75, 3.05) is 0 Å². The summed E-state index contributed by atoms with van der Waals surface area (Å²) in [5, 5.41) is 8.80. The molecule has 0 fully saturated rings. The average Bonchev–Trinajstić information content (AvgIpc) is 2.05. The summed E-state index contributed by atoms with van der Waals surface area (Å²) in [6, 6.07) is 5.42. The Kier molecular flexibility index (Phi) is 2.21. The van der Waals surface area contributed by atoms with Crippen molar-refractivity contribution < 1.29 is 14.3 Å². The summed E-state index contributed by atoms with van der Waals surface area (Å²) < 4.78 is 12.5. The highest BCUT2D eigenvalue weighted by molar-refractivity contribution is 5.59. The second-order valence-corrected chi connectivity index (χ2v) is 2.13. The van der Waals surface area contributed by atoms with Crippen LogP contribution in [0.3, 0.4) is 0 Å². The Balaban J connectivity index is 2.89. The molecule has 0 aromatic heterocycles. The van der Waals surface area contributed by atoms with Gasteiger partial charge in [-0.15, -0.1) is 0 Å². The van der Waals surface area contributed by atoms with E-state index in [-0.39, 0.29) is 17.6 Å². The number of rotatable bonds is 2. The van der Waals surface area contributed by atoms with Crippen LogP contribution in [0.1, 0.15) is 11.7 Å². The zero-order valence-corrected chi connectivity index (χ0v) is 5.70. The van der Waals surface area contributed by atoms with Crippen molar-refractivity contribution in [2.45, 2.75) is 6.17 Å². The highest BCUT2D eigenvalue weighted by atomic mass is 19.1. The van der Waals surface area contributed by atoms with Crippen LogP contribution in [0.5, 0.6) is 5.75 Å². The van der Waals surface area contributed by atoms with Crippen LogP contribution in [-0.2, 0) is 4.79 Å². The summed E-state index contributed by atoms with van der Waals surface area (Å²) in [5.74, 6) is 0.0619. The van der Waals surface area contributed by atoms with Gasteiger partial charge in [-0.05, 0) is 17.7 Å². The molecule has 0 bridgehead atoms. The number of carbonyl (C=O) groups is 1. The largest absolute Gasteiger partial charge is 0.508 e.